The molecule has 0 aliphatic heterocycles. The highest BCUT2D eigenvalue weighted by Gasteiger charge is 2.37. The summed E-state index contributed by atoms with van der Waals surface area (Å²) in [6.07, 6.45) is 6.07. The molecule has 0 saturated carbocycles. The van der Waals surface area contributed by atoms with Crippen molar-refractivity contribution in [2.45, 2.75) is 19.4 Å². The maximum absolute atomic E-state index is 12.2. The van der Waals surface area contributed by atoms with Gasteiger partial charge in [0.25, 0.3) is 0 Å². The predicted octanol–water partition coefficient (Wildman–Crippen LogP) is 0.521. The summed E-state index contributed by atoms with van der Waals surface area (Å²) in [6, 6.07) is 6.79. The fourth-order valence-corrected chi connectivity index (χ4v) is 2.87. The van der Waals surface area contributed by atoms with Crippen LogP contribution in [0.3, 0.4) is 0 Å². The third kappa shape index (κ3) is 6.48. The Labute approximate surface area is 142 Å². The van der Waals surface area contributed by atoms with Gasteiger partial charge in [-0.05, 0) is 38.1 Å². The van der Waals surface area contributed by atoms with Gasteiger partial charge in [0.05, 0.1) is 19.4 Å². The Morgan fingerprint density at radius 1 is 1.25 bits per heavy atom. The minimum Gasteiger partial charge on any atom is -0.494 e. The van der Waals surface area contributed by atoms with E-state index in [0.717, 1.165) is 6.26 Å². The van der Waals surface area contributed by atoms with E-state index >= 15 is 0 Å². The van der Waals surface area contributed by atoms with Gasteiger partial charge in [-0.15, -0.1) is 6.42 Å². The maximum atomic E-state index is 12.2. The van der Waals surface area contributed by atoms with Crippen LogP contribution in [0.5, 0.6) is 11.5 Å². The number of carbonyl (C=O) groups is 1. The van der Waals surface area contributed by atoms with E-state index in [-0.39, 0.29) is 13.2 Å². The minimum absolute atomic E-state index is 0.0110. The molecule has 1 aromatic rings. The summed E-state index contributed by atoms with van der Waals surface area (Å²) in [5.41, 5.74) is -1.50. The van der Waals surface area contributed by atoms with Crippen molar-refractivity contribution in [3.05, 3.63) is 24.3 Å². The van der Waals surface area contributed by atoms with Gasteiger partial charge in [0.15, 0.2) is 0 Å². The Balaban J connectivity index is 2.84. The number of hydrogen-bond donors (Lipinski definition) is 2. The number of rotatable bonds is 9. The van der Waals surface area contributed by atoms with Crippen LogP contribution in [-0.4, -0.2) is 45.9 Å². The zero-order valence-corrected chi connectivity index (χ0v) is 14.8. The summed E-state index contributed by atoms with van der Waals surface area (Å²) in [5, 5.41) is 2.46. The van der Waals surface area contributed by atoms with Crippen LogP contribution in [0.15, 0.2) is 24.3 Å². The highest BCUT2D eigenvalue weighted by molar-refractivity contribution is 7.88. The van der Waals surface area contributed by atoms with Crippen LogP contribution in [0, 0.1) is 12.3 Å². The van der Waals surface area contributed by atoms with E-state index in [2.05, 4.69) is 16.0 Å². The smallest absolute Gasteiger partial charge is 0.245 e. The number of nitrogens with one attached hydrogen (secondary N) is 2. The number of sulfonamides is 1. The molecule has 8 heteroatoms. The number of hydrogen-bond acceptors (Lipinski definition) is 5. The van der Waals surface area contributed by atoms with Crippen LogP contribution in [-0.2, 0) is 14.8 Å². The van der Waals surface area contributed by atoms with Crippen LogP contribution in [0.2, 0.25) is 0 Å². The molecule has 0 aliphatic carbocycles. The first-order valence-corrected chi connectivity index (χ1v) is 9.15. The highest BCUT2D eigenvalue weighted by atomic mass is 32.2. The van der Waals surface area contributed by atoms with E-state index in [9.17, 15) is 13.2 Å². The Bertz CT molecular complexity index is 694. The summed E-state index contributed by atoms with van der Waals surface area (Å²) in [5.74, 6) is 2.85. The predicted molar refractivity (Wildman–Crippen MR) is 91.3 cm³/mol. The lowest BCUT2D eigenvalue weighted by molar-refractivity contribution is -0.127. The molecule has 0 fully saturated rings. The normalized spacial score (nSPS) is 13.4. The first kappa shape index (κ1) is 19.8. The second-order valence-corrected chi connectivity index (χ2v) is 7.03. The minimum atomic E-state index is -3.63. The molecular weight excluding hydrogens is 332 g/mol. The average Bonchev–Trinajstić information content (AvgIpc) is 2.50. The Kier molecular flexibility index (Phi) is 7.07. The summed E-state index contributed by atoms with van der Waals surface area (Å²) in [6.45, 7) is 3.63. The number of ether oxygens (including phenoxy) is 2. The first-order valence-electron chi connectivity index (χ1n) is 7.26. The van der Waals surface area contributed by atoms with E-state index in [1.54, 1.807) is 24.3 Å². The second kappa shape index (κ2) is 8.57. The highest BCUT2D eigenvalue weighted by Crippen LogP contribution is 2.19. The van der Waals surface area contributed by atoms with Crippen LogP contribution in [0.25, 0.3) is 0 Å². The van der Waals surface area contributed by atoms with Gasteiger partial charge < -0.3 is 14.8 Å². The first-order chi connectivity index (χ1) is 11.2. The lowest BCUT2D eigenvalue weighted by Gasteiger charge is -2.28. The zero-order chi connectivity index (χ0) is 18.2. The molecule has 24 heavy (non-hydrogen) atoms. The topological polar surface area (TPSA) is 93.7 Å². The molecule has 2 N–H and O–H groups in total. The Morgan fingerprint density at radius 2 is 1.79 bits per heavy atom. The van der Waals surface area contributed by atoms with Crippen LogP contribution >= 0.6 is 0 Å². The summed E-state index contributed by atoms with van der Waals surface area (Å²) in [7, 11) is -3.63. The van der Waals surface area contributed by atoms with Crippen molar-refractivity contribution in [3.8, 4) is 23.8 Å². The van der Waals surface area contributed by atoms with E-state index in [1.165, 1.54) is 6.92 Å². The average molecular weight is 354 g/mol. The third-order valence-electron chi connectivity index (χ3n) is 2.93. The molecule has 132 valence electrons. The molecule has 7 nitrogen and oxygen atoms in total. The fourth-order valence-electron chi connectivity index (χ4n) is 1.90. The molecule has 1 atom stereocenters. The largest absolute Gasteiger partial charge is 0.494 e. The second-order valence-electron chi connectivity index (χ2n) is 5.29. The van der Waals surface area contributed by atoms with Crippen LogP contribution in [0.1, 0.15) is 13.8 Å². The fraction of sp³-hybridized carbons (Fsp3) is 0.438. The van der Waals surface area contributed by atoms with E-state index in [1.807, 2.05) is 6.92 Å². The molecule has 0 heterocycles. The van der Waals surface area contributed by atoms with Gasteiger partial charge in [-0.25, -0.2) is 8.42 Å². The maximum Gasteiger partial charge on any atom is 0.245 e. The summed E-state index contributed by atoms with van der Waals surface area (Å²) >= 11 is 0. The van der Waals surface area contributed by atoms with Crippen molar-refractivity contribution in [2.75, 3.05) is 26.0 Å². The number of carbonyl (C=O) groups excluding carboxylic acids is 1. The molecule has 0 bridgehead atoms. The van der Waals surface area contributed by atoms with Gasteiger partial charge >= 0.3 is 0 Å². The summed E-state index contributed by atoms with van der Waals surface area (Å²) < 4.78 is 36.3. The molecule has 1 amide bonds. The van der Waals surface area contributed by atoms with Crippen molar-refractivity contribution in [1.29, 1.82) is 0 Å². The van der Waals surface area contributed by atoms with Gasteiger partial charge in [0, 0.05) is 0 Å². The number of amides is 1. The molecular formula is C16H22N2O5S. The van der Waals surface area contributed by atoms with Crippen molar-refractivity contribution in [1.82, 2.24) is 10.0 Å². The Morgan fingerprint density at radius 3 is 2.25 bits per heavy atom. The van der Waals surface area contributed by atoms with Crippen LogP contribution in [0.4, 0.5) is 0 Å². The molecule has 1 rings (SSSR count). The number of benzene rings is 1. The van der Waals surface area contributed by atoms with E-state index in [4.69, 9.17) is 15.9 Å². The van der Waals surface area contributed by atoms with Gasteiger partial charge in [0.1, 0.15) is 23.6 Å². The number of terminal acetylenes is 1. The van der Waals surface area contributed by atoms with Gasteiger partial charge in [-0.2, -0.15) is 4.72 Å². The SMILES string of the molecule is C#CCNC(=O)C(C)(COc1ccc(OCC)cc1)NS(C)(=O)=O. The Hall–Kier alpha value is -2.24. The van der Waals surface area contributed by atoms with Gasteiger partial charge in [-0.1, -0.05) is 5.92 Å². The zero-order valence-electron chi connectivity index (χ0n) is 14.0. The lowest BCUT2D eigenvalue weighted by Crippen LogP contribution is -2.60. The quantitative estimate of drug-likeness (QED) is 0.631. The molecule has 1 unspecified atom stereocenters. The van der Waals surface area contributed by atoms with Gasteiger partial charge in [0.2, 0.25) is 15.9 Å². The molecule has 0 saturated heterocycles. The lowest BCUT2D eigenvalue weighted by atomic mass is 10.0. The van der Waals surface area contributed by atoms with Crippen molar-refractivity contribution >= 4 is 15.9 Å². The molecule has 0 aromatic heterocycles. The van der Waals surface area contributed by atoms with Crippen molar-refractivity contribution < 1.29 is 22.7 Å². The molecule has 0 radical (unpaired) electrons. The van der Waals surface area contributed by atoms with Gasteiger partial charge in [-0.3, -0.25) is 4.79 Å². The third-order valence-corrected chi connectivity index (χ3v) is 3.75. The van der Waals surface area contributed by atoms with Crippen LogP contribution < -0.4 is 19.5 Å². The summed E-state index contributed by atoms with van der Waals surface area (Å²) in [4.78, 5) is 12.2. The van der Waals surface area contributed by atoms with E-state index < -0.39 is 21.5 Å². The molecule has 1 aromatic carbocycles. The van der Waals surface area contributed by atoms with Crippen molar-refractivity contribution in [3.63, 3.8) is 0 Å². The standard InChI is InChI=1S/C16H22N2O5S/c1-5-11-17-15(19)16(3,18-24(4,20)21)12-23-14-9-7-13(8-10-14)22-6-2/h1,7-10,18H,6,11-12H2,2-4H3,(H,17,19). The molecule has 0 aliphatic rings. The van der Waals surface area contributed by atoms with Crippen molar-refractivity contribution in [2.24, 2.45) is 0 Å². The van der Waals surface area contributed by atoms with E-state index in [0.29, 0.717) is 18.1 Å². The molecule has 0 spiro atoms. The monoisotopic (exact) mass is 354 g/mol.